The summed E-state index contributed by atoms with van der Waals surface area (Å²) in [4.78, 5) is 0. The standard InChI is InChI=1S/C46H28O/c1-2-13-30-26-32(25-24-29(30)12-1)31-15-11-16-34(27-31)43-36-18-5-7-20-38(36)44(39-21-8-6-19-37(39)43)41-28-33-14-3-4-17-35(33)46-45(41)40-22-9-10-23-42(40)47-46/h1-28H. The first-order chi connectivity index (χ1) is 23.3. The summed E-state index contributed by atoms with van der Waals surface area (Å²) < 4.78 is 6.63. The SMILES string of the molecule is c1cc(-c2ccc3ccccc3c2)cc(-c2c3ccccc3c(-c3cc4ccccc4c4oc5ccccc5c34)c3ccccc23)c1. The zero-order chi connectivity index (χ0) is 30.9. The minimum atomic E-state index is 0.913. The zero-order valence-corrected chi connectivity index (χ0v) is 25.6. The Labute approximate surface area is 271 Å². The Morgan fingerprint density at radius 2 is 0.872 bits per heavy atom. The molecule has 0 fully saturated rings. The van der Waals surface area contributed by atoms with Gasteiger partial charge in [-0.3, -0.25) is 0 Å². The van der Waals surface area contributed by atoms with Gasteiger partial charge in [-0.25, -0.2) is 0 Å². The van der Waals surface area contributed by atoms with Crippen molar-refractivity contribution in [2.45, 2.75) is 0 Å². The molecule has 1 nitrogen and oxygen atoms in total. The quantitative estimate of drug-likeness (QED) is 0.185. The number of para-hydroxylation sites is 1. The Hall–Kier alpha value is -6.18. The molecule has 1 aromatic heterocycles. The molecule has 0 unspecified atom stereocenters. The largest absolute Gasteiger partial charge is 0.455 e. The molecule has 0 bridgehead atoms. The van der Waals surface area contributed by atoms with Crippen molar-refractivity contribution in [1.82, 2.24) is 0 Å². The van der Waals surface area contributed by atoms with E-state index in [9.17, 15) is 0 Å². The Kier molecular flexibility index (Phi) is 5.64. The van der Waals surface area contributed by atoms with Gasteiger partial charge in [-0.05, 0) is 95.3 Å². The van der Waals surface area contributed by atoms with Crippen LogP contribution in [0.25, 0.3) is 98.4 Å². The molecule has 1 heterocycles. The van der Waals surface area contributed by atoms with Gasteiger partial charge in [0.2, 0.25) is 0 Å². The second-order valence-corrected chi connectivity index (χ2v) is 12.4. The molecular weight excluding hydrogens is 569 g/mol. The predicted molar refractivity (Wildman–Crippen MR) is 200 cm³/mol. The van der Waals surface area contributed by atoms with Crippen molar-refractivity contribution in [3.63, 3.8) is 0 Å². The van der Waals surface area contributed by atoms with Gasteiger partial charge >= 0.3 is 0 Å². The average Bonchev–Trinajstić information content (AvgIpc) is 3.54. The molecule has 10 aromatic rings. The fraction of sp³-hybridized carbons (Fsp3) is 0. The van der Waals surface area contributed by atoms with Crippen LogP contribution in [0.3, 0.4) is 0 Å². The Morgan fingerprint density at radius 3 is 1.62 bits per heavy atom. The summed E-state index contributed by atoms with van der Waals surface area (Å²) in [6.45, 7) is 0. The molecule has 218 valence electrons. The highest BCUT2D eigenvalue weighted by atomic mass is 16.3. The number of fused-ring (bicyclic) bond motifs is 8. The van der Waals surface area contributed by atoms with E-state index in [0.717, 1.165) is 21.9 Å². The maximum atomic E-state index is 6.63. The maximum Gasteiger partial charge on any atom is 0.143 e. The smallest absolute Gasteiger partial charge is 0.143 e. The molecule has 0 aliphatic carbocycles. The molecule has 1 heteroatoms. The van der Waals surface area contributed by atoms with Crippen molar-refractivity contribution in [1.29, 1.82) is 0 Å². The lowest BCUT2D eigenvalue weighted by molar-refractivity contribution is 0.673. The van der Waals surface area contributed by atoms with E-state index in [1.54, 1.807) is 0 Å². The van der Waals surface area contributed by atoms with Crippen molar-refractivity contribution >= 4 is 65.0 Å². The molecule has 0 saturated carbocycles. The van der Waals surface area contributed by atoms with E-state index in [4.69, 9.17) is 4.42 Å². The number of hydrogen-bond acceptors (Lipinski definition) is 1. The van der Waals surface area contributed by atoms with Gasteiger partial charge in [0, 0.05) is 16.2 Å². The lowest BCUT2D eigenvalue weighted by Gasteiger charge is -2.19. The Morgan fingerprint density at radius 1 is 0.319 bits per heavy atom. The van der Waals surface area contributed by atoms with Crippen LogP contribution in [0.15, 0.2) is 174 Å². The van der Waals surface area contributed by atoms with Gasteiger partial charge in [-0.15, -0.1) is 0 Å². The lowest BCUT2D eigenvalue weighted by Crippen LogP contribution is -1.92. The topological polar surface area (TPSA) is 13.1 Å². The number of benzene rings is 9. The molecule has 0 N–H and O–H groups in total. The fourth-order valence-corrected chi connectivity index (χ4v) is 7.71. The first-order valence-electron chi connectivity index (χ1n) is 16.2. The maximum absolute atomic E-state index is 6.63. The second-order valence-electron chi connectivity index (χ2n) is 12.4. The molecule has 9 aromatic carbocycles. The minimum absolute atomic E-state index is 0.913. The Bertz CT molecular complexity index is 2800. The second kappa shape index (κ2) is 10.2. The zero-order valence-electron chi connectivity index (χ0n) is 25.6. The van der Waals surface area contributed by atoms with Gasteiger partial charge in [-0.1, -0.05) is 146 Å². The van der Waals surface area contributed by atoms with Crippen LogP contribution >= 0.6 is 0 Å². The van der Waals surface area contributed by atoms with Crippen LogP contribution in [0, 0.1) is 0 Å². The van der Waals surface area contributed by atoms with Crippen molar-refractivity contribution in [2.24, 2.45) is 0 Å². The van der Waals surface area contributed by atoms with Crippen LogP contribution in [0.1, 0.15) is 0 Å². The summed E-state index contributed by atoms with van der Waals surface area (Å²) in [6, 6.07) is 61.6. The molecule has 0 atom stereocenters. The molecule has 0 amide bonds. The van der Waals surface area contributed by atoms with Crippen LogP contribution < -0.4 is 0 Å². The van der Waals surface area contributed by atoms with Crippen molar-refractivity contribution in [3.05, 3.63) is 170 Å². The third kappa shape index (κ3) is 3.97. The molecular formula is C46H28O. The number of furan rings is 1. The molecule has 0 aliphatic rings. The summed E-state index contributed by atoms with van der Waals surface area (Å²) in [5.41, 5.74) is 9.22. The first-order valence-corrected chi connectivity index (χ1v) is 16.2. The van der Waals surface area contributed by atoms with Gasteiger partial charge < -0.3 is 4.42 Å². The van der Waals surface area contributed by atoms with E-state index >= 15 is 0 Å². The van der Waals surface area contributed by atoms with Crippen molar-refractivity contribution in [2.75, 3.05) is 0 Å². The van der Waals surface area contributed by atoms with Gasteiger partial charge in [0.15, 0.2) is 0 Å². The molecule has 0 saturated heterocycles. The third-order valence-electron chi connectivity index (χ3n) is 9.80. The average molecular weight is 597 g/mol. The highest BCUT2D eigenvalue weighted by Crippen LogP contribution is 2.48. The van der Waals surface area contributed by atoms with Crippen LogP contribution in [0.5, 0.6) is 0 Å². The third-order valence-corrected chi connectivity index (χ3v) is 9.80. The van der Waals surface area contributed by atoms with Gasteiger partial charge in [0.1, 0.15) is 11.2 Å². The monoisotopic (exact) mass is 596 g/mol. The highest BCUT2D eigenvalue weighted by molar-refractivity contribution is 6.28. The number of hydrogen-bond donors (Lipinski definition) is 0. The molecule has 47 heavy (non-hydrogen) atoms. The van der Waals surface area contributed by atoms with Crippen LogP contribution in [-0.2, 0) is 0 Å². The summed E-state index contributed by atoms with van der Waals surface area (Å²) in [7, 11) is 0. The normalized spacial score (nSPS) is 11.8. The van der Waals surface area contributed by atoms with Gasteiger partial charge in [0.25, 0.3) is 0 Å². The van der Waals surface area contributed by atoms with Crippen LogP contribution in [0.2, 0.25) is 0 Å². The summed E-state index contributed by atoms with van der Waals surface area (Å²) >= 11 is 0. The summed E-state index contributed by atoms with van der Waals surface area (Å²) in [5, 5.41) is 12.1. The predicted octanol–water partition coefficient (Wildman–Crippen LogP) is 13.2. The van der Waals surface area contributed by atoms with E-state index in [0.29, 0.717) is 0 Å². The fourth-order valence-electron chi connectivity index (χ4n) is 7.71. The molecule has 0 aliphatic heterocycles. The van der Waals surface area contributed by atoms with Crippen LogP contribution in [-0.4, -0.2) is 0 Å². The summed E-state index contributed by atoms with van der Waals surface area (Å²) in [5.74, 6) is 0. The molecule has 0 radical (unpaired) electrons. The van der Waals surface area contributed by atoms with Gasteiger partial charge in [0.05, 0.1) is 0 Å². The molecule has 10 rings (SSSR count). The van der Waals surface area contributed by atoms with Gasteiger partial charge in [-0.2, -0.15) is 0 Å². The number of rotatable bonds is 3. The first kappa shape index (κ1) is 26.1. The highest BCUT2D eigenvalue weighted by Gasteiger charge is 2.22. The van der Waals surface area contributed by atoms with E-state index in [1.807, 2.05) is 0 Å². The lowest BCUT2D eigenvalue weighted by atomic mass is 9.84. The van der Waals surface area contributed by atoms with Crippen molar-refractivity contribution in [3.8, 4) is 33.4 Å². The molecule has 0 spiro atoms. The van der Waals surface area contributed by atoms with E-state index in [2.05, 4.69) is 170 Å². The minimum Gasteiger partial charge on any atom is -0.455 e. The van der Waals surface area contributed by atoms with E-state index in [-0.39, 0.29) is 0 Å². The van der Waals surface area contributed by atoms with E-state index in [1.165, 1.54) is 76.5 Å². The van der Waals surface area contributed by atoms with Crippen LogP contribution in [0.4, 0.5) is 0 Å². The Balaban J connectivity index is 1.30. The summed E-state index contributed by atoms with van der Waals surface area (Å²) in [6.07, 6.45) is 0. The van der Waals surface area contributed by atoms with Crippen molar-refractivity contribution < 1.29 is 4.42 Å². The van der Waals surface area contributed by atoms with E-state index < -0.39 is 0 Å².